The molecule has 2 atom stereocenters. The van der Waals surface area contributed by atoms with Crippen LogP contribution in [-0.4, -0.2) is 42.3 Å². The van der Waals surface area contributed by atoms with Crippen molar-refractivity contribution in [2.24, 2.45) is 10.9 Å². The fraction of sp³-hybridized carbons (Fsp3) is 0.652. The summed E-state index contributed by atoms with van der Waals surface area (Å²) >= 11 is 1.49. The van der Waals surface area contributed by atoms with Gasteiger partial charge in [0.05, 0.1) is 17.5 Å². The molecule has 2 heterocycles. The molecule has 1 saturated carbocycles. The highest BCUT2D eigenvalue weighted by Crippen LogP contribution is 2.43. The molecule has 1 aromatic rings. The third kappa shape index (κ3) is 4.47. The molecule has 4 rings (SSSR count). The summed E-state index contributed by atoms with van der Waals surface area (Å²) in [6.07, 6.45) is 8.16. The highest BCUT2D eigenvalue weighted by atomic mass is 32.2. The molecule has 1 amide bonds. The summed E-state index contributed by atoms with van der Waals surface area (Å²) in [5.41, 5.74) is 3.44. The Morgan fingerprint density at radius 2 is 1.80 bits per heavy atom. The van der Waals surface area contributed by atoms with Crippen LogP contribution in [-0.2, 0) is 27.5 Å². The third-order valence-electron chi connectivity index (χ3n) is 6.73. The minimum absolute atomic E-state index is 0.0500. The summed E-state index contributed by atoms with van der Waals surface area (Å²) in [6.45, 7) is 4.24. The normalized spacial score (nSPS) is 27.1. The summed E-state index contributed by atoms with van der Waals surface area (Å²) < 4.78 is 24.7. The van der Waals surface area contributed by atoms with Crippen molar-refractivity contribution in [3.05, 3.63) is 29.3 Å². The van der Waals surface area contributed by atoms with Crippen LogP contribution in [0.25, 0.3) is 0 Å². The van der Waals surface area contributed by atoms with Crippen molar-refractivity contribution in [3.8, 4) is 0 Å². The second-order valence-electron chi connectivity index (χ2n) is 8.78. The smallest absolute Gasteiger partial charge is 0.248 e. The van der Waals surface area contributed by atoms with Gasteiger partial charge in [-0.2, -0.15) is 4.99 Å². The van der Waals surface area contributed by atoms with Crippen LogP contribution < -0.4 is 4.90 Å². The maximum Gasteiger partial charge on any atom is 0.248 e. The number of hydrogen-bond donors (Lipinski definition) is 0. The first kappa shape index (κ1) is 21.9. The number of hydrogen-bond acceptors (Lipinski definition) is 4. The number of sulfone groups is 1. The molecule has 30 heavy (non-hydrogen) atoms. The zero-order chi connectivity index (χ0) is 21.3. The van der Waals surface area contributed by atoms with Gasteiger partial charge in [-0.3, -0.25) is 4.79 Å². The number of amidine groups is 1. The fourth-order valence-electron chi connectivity index (χ4n) is 5.14. The zero-order valence-electron chi connectivity index (χ0n) is 18.0. The Balaban J connectivity index is 1.65. The van der Waals surface area contributed by atoms with Crippen LogP contribution >= 0.6 is 11.8 Å². The van der Waals surface area contributed by atoms with Crippen LogP contribution in [0.15, 0.2) is 23.2 Å². The SMILES string of the molecule is CCc1cccc(CC)c1N1C(=NC(=O)CCC2CCCC2)S[C@H]2CS(=O)(=O)C[C@@H]21. The molecule has 1 aliphatic carbocycles. The number of anilines is 1. The van der Waals surface area contributed by atoms with E-state index in [0.717, 1.165) is 24.9 Å². The minimum Gasteiger partial charge on any atom is -0.315 e. The lowest BCUT2D eigenvalue weighted by molar-refractivity contribution is -0.118. The average Bonchev–Trinajstić information content (AvgIpc) is 3.40. The van der Waals surface area contributed by atoms with E-state index in [1.54, 1.807) is 0 Å². The number of para-hydroxylation sites is 1. The fourth-order valence-corrected chi connectivity index (χ4v) is 9.06. The van der Waals surface area contributed by atoms with E-state index in [2.05, 4.69) is 41.9 Å². The standard InChI is InChI=1S/C23H32N2O3S2/c1-3-17-10-7-11-18(4-2)22(17)25-19-14-30(27,28)15-20(19)29-23(25)24-21(26)13-12-16-8-5-6-9-16/h7,10-11,16,19-20H,3-6,8-9,12-15H2,1-2H3/t19-,20-/m0/s1. The Morgan fingerprint density at radius 1 is 1.13 bits per heavy atom. The molecule has 1 aromatic carbocycles. The molecule has 2 saturated heterocycles. The van der Waals surface area contributed by atoms with Crippen LogP contribution in [0.1, 0.15) is 63.5 Å². The number of aryl methyl sites for hydroxylation is 2. The van der Waals surface area contributed by atoms with Crippen LogP contribution in [0.4, 0.5) is 5.69 Å². The molecule has 0 radical (unpaired) electrons. The second-order valence-corrected chi connectivity index (χ2v) is 12.1. The molecule has 0 unspecified atom stereocenters. The number of fused-ring (bicyclic) bond motifs is 1. The molecule has 3 fully saturated rings. The molecule has 0 aromatic heterocycles. The monoisotopic (exact) mass is 448 g/mol. The number of thioether (sulfide) groups is 1. The lowest BCUT2D eigenvalue weighted by Crippen LogP contribution is -2.39. The van der Waals surface area contributed by atoms with Crippen LogP contribution in [0, 0.1) is 5.92 Å². The van der Waals surface area contributed by atoms with Gasteiger partial charge in [0.25, 0.3) is 0 Å². The van der Waals surface area contributed by atoms with E-state index in [4.69, 9.17) is 0 Å². The number of aliphatic imine (C=N–C) groups is 1. The first-order valence-electron chi connectivity index (χ1n) is 11.3. The number of rotatable bonds is 6. The van der Waals surface area contributed by atoms with Crippen molar-refractivity contribution in [1.82, 2.24) is 0 Å². The van der Waals surface area contributed by atoms with Gasteiger partial charge in [-0.25, -0.2) is 8.42 Å². The van der Waals surface area contributed by atoms with Gasteiger partial charge >= 0.3 is 0 Å². The molecular formula is C23H32N2O3S2. The number of benzene rings is 1. The average molecular weight is 449 g/mol. The Hall–Kier alpha value is -1.34. The Bertz CT molecular complexity index is 914. The van der Waals surface area contributed by atoms with Crippen LogP contribution in [0.3, 0.4) is 0 Å². The summed E-state index contributed by atoms with van der Waals surface area (Å²) in [5, 5.41) is 0.651. The van der Waals surface area contributed by atoms with Crippen molar-refractivity contribution in [3.63, 3.8) is 0 Å². The second kappa shape index (κ2) is 9.03. The Kier molecular flexibility index (Phi) is 6.58. The van der Waals surface area contributed by atoms with E-state index in [1.807, 2.05) is 0 Å². The summed E-state index contributed by atoms with van der Waals surface area (Å²) in [4.78, 5) is 19.4. The van der Waals surface area contributed by atoms with Gasteiger partial charge in [-0.05, 0) is 36.3 Å². The Labute approximate surface area is 184 Å². The van der Waals surface area contributed by atoms with Gasteiger partial charge in [0, 0.05) is 17.4 Å². The first-order chi connectivity index (χ1) is 14.4. The molecule has 0 spiro atoms. The zero-order valence-corrected chi connectivity index (χ0v) is 19.6. The molecule has 2 aliphatic heterocycles. The maximum absolute atomic E-state index is 12.7. The van der Waals surface area contributed by atoms with E-state index < -0.39 is 9.84 Å². The van der Waals surface area contributed by atoms with E-state index in [0.29, 0.717) is 17.5 Å². The minimum atomic E-state index is -3.06. The molecule has 0 bridgehead atoms. The topological polar surface area (TPSA) is 66.8 Å². The lowest BCUT2D eigenvalue weighted by Gasteiger charge is -2.29. The van der Waals surface area contributed by atoms with E-state index in [-0.39, 0.29) is 28.7 Å². The highest BCUT2D eigenvalue weighted by Gasteiger charge is 2.50. The number of nitrogens with zero attached hydrogens (tertiary/aromatic N) is 2. The van der Waals surface area contributed by atoms with Crippen molar-refractivity contribution >= 4 is 38.4 Å². The quantitative estimate of drug-likeness (QED) is 0.646. The van der Waals surface area contributed by atoms with Gasteiger partial charge < -0.3 is 4.90 Å². The van der Waals surface area contributed by atoms with Gasteiger partial charge in [0.1, 0.15) is 0 Å². The largest absolute Gasteiger partial charge is 0.315 e. The van der Waals surface area contributed by atoms with Gasteiger partial charge in [-0.1, -0.05) is 69.5 Å². The maximum atomic E-state index is 12.7. The van der Waals surface area contributed by atoms with Gasteiger partial charge in [0.2, 0.25) is 5.91 Å². The Morgan fingerprint density at radius 3 is 2.43 bits per heavy atom. The number of amides is 1. The predicted octanol–water partition coefficient (Wildman–Crippen LogP) is 4.38. The number of carbonyl (C=O) groups excluding carboxylic acids is 1. The van der Waals surface area contributed by atoms with Crippen LogP contribution in [0.2, 0.25) is 0 Å². The van der Waals surface area contributed by atoms with Gasteiger partial charge in [-0.15, -0.1) is 0 Å². The third-order valence-corrected chi connectivity index (χ3v) is 9.94. The molecule has 164 valence electrons. The molecule has 0 N–H and O–H groups in total. The molecule has 7 heteroatoms. The highest BCUT2D eigenvalue weighted by molar-refractivity contribution is 8.16. The summed E-state index contributed by atoms with van der Waals surface area (Å²) in [5.74, 6) is 0.910. The number of carbonyl (C=O) groups is 1. The van der Waals surface area contributed by atoms with Crippen molar-refractivity contribution in [2.45, 2.75) is 76.5 Å². The lowest BCUT2D eigenvalue weighted by atomic mass is 10.0. The summed E-state index contributed by atoms with van der Waals surface area (Å²) in [6, 6.07) is 6.14. The summed E-state index contributed by atoms with van der Waals surface area (Å²) in [7, 11) is -3.06. The van der Waals surface area contributed by atoms with Crippen molar-refractivity contribution in [1.29, 1.82) is 0 Å². The van der Waals surface area contributed by atoms with E-state index >= 15 is 0 Å². The van der Waals surface area contributed by atoms with E-state index in [9.17, 15) is 13.2 Å². The van der Waals surface area contributed by atoms with E-state index in [1.165, 1.54) is 48.6 Å². The van der Waals surface area contributed by atoms with Crippen molar-refractivity contribution in [2.75, 3.05) is 16.4 Å². The predicted molar refractivity (Wildman–Crippen MR) is 125 cm³/mol. The van der Waals surface area contributed by atoms with Crippen molar-refractivity contribution < 1.29 is 13.2 Å². The van der Waals surface area contributed by atoms with Gasteiger partial charge in [0.15, 0.2) is 15.0 Å². The molecular weight excluding hydrogens is 416 g/mol. The van der Waals surface area contributed by atoms with Crippen LogP contribution in [0.5, 0.6) is 0 Å². The molecule has 5 nitrogen and oxygen atoms in total. The first-order valence-corrected chi connectivity index (χ1v) is 14.0. The molecule has 3 aliphatic rings.